The molecule has 0 bridgehead atoms. The predicted molar refractivity (Wildman–Crippen MR) is 86.3 cm³/mol. The molecule has 2 heterocycles. The first-order valence-corrected chi connectivity index (χ1v) is 8.05. The fourth-order valence-corrected chi connectivity index (χ4v) is 2.99. The normalized spacial score (nSPS) is 16.4. The van der Waals surface area contributed by atoms with E-state index in [1.165, 1.54) is 24.0 Å². The maximum absolute atomic E-state index is 14.4. The Morgan fingerprint density at radius 2 is 2.36 bits per heavy atom. The SMILES string of the molecule is CC(=O)NC[C@H]1CN(c2ccc(-c3nnc(C#N)s3)c(F)c2)C(=O)O1. The summed E-state index contributed by atoms with van der Waals surface area (Å²) in [6.07, 6.45) is -1.11. The highest BCUT2D eigenvalue weighted by molar-refractivity contribution is 7.15. The van der Waals surface area contributed by atoms with Gasteiger partial charge in [0.1, 0.15) is 18.0 Å². The molecule has 0 saturated carbocycles. The zero-order valence-electron chi connectivity index (χ0n) is 13.0. The topological polar surface area (TPSA) is 108 Å². The van der Waals surface area contributed by atoms with Crippen molar-refractivity contribution in [3.8, 4) is 16.6 Å². The van der Waals surface area contributed by atoms with Crippen LogP contribution in [0.2, 0.25) is 0 Å². The Hall–Kier alpha value is -3.06. The fraction of sp³-hybridized carbons (Fsp3) is 0.267. The highest BCUT2D eigenvalue weighted by Crippen LogP contribution is 2.30. The van der Waals surface area contributed by atoms with E-state index < -0.39 is 18.0 Å². The quantitative estimate of drug-likeness (QED) is 0.887. The number of nitrogens with one attached hydrogen (secondary N) is 1. The summed E-state index contributed by atoms with van der Waals surface area (Å²) in [6.45, 7) is 1.77. The molecule has 1 aromatic heterocycles. The van der Waals surface area contributed by atoms with Crippen molar-refractivity contribution in [2.24, 2.45) is 0 Å². The molecule has 8 nitrogen and oxygen atoms in total. The molecule has 0 unspecified atom stereocenters. The van der Waals surface area contributed by atoms with Gasteiger partial charge >= 0.3 is 6.09 Å². The molecule has 10 heteroatoms. The summed E-state index contributed by atoms with van der Waals surface area (Å²) in [5, 5.41) is 19.2. The lowest BCUT2D eigenvalue weighted by molar-refractivity contribution is -0.119. The van der Waals surface area contributed by atoms with Gasteiger partial charge in [0.25, 0.3) is 0 Å². The van der Waals surface area contributed by atoms with E-state index in [4.69, 9.17) is 10.00 Å². The minimum Gasteiger partial charge on any atom is -0.442 e. The van der Waals surface area contributed by atoms with Gasteiger partial charge in [0, 0.05) is 12.5 Å². The van der Waals surface area contributed by atoms with Crippen LogP contribution in [-0.2, 0) is 9.53 Å². The Balaban J connectivity index is 1.77. The minimum absolute atomic E-state index is 0.141. The molecule has 1 aliphatic heterocycles. The van der Waals surface area contributed by atoms with Crippen molar-refractivity contribution in [3.05, 3.63) is 29.0 Å². The van der Waals surface area contributed by atoms with E-state index in [1.54, 1.807) is 6.07 Å². The smallest absolute Gasteiger partial charge is 0.414 e. The number of rotatable bonds is 4. The summed E-state index contributed by atoms with van der Waals surface area (Å²) < 4.78 is 19.5. The molecule has 1 aliphatic rings. The maximum Gasteiger partial charge on any atom is 0.414 e. The van der Waals surface area contributed by atoms with Gasteiger partial charge in [-0.1, -0.05) is 11.3 Å². The summed E-state index contributed by atoms with van der Waals surface area (Å²) >= 11 is 0.980. The van der Waals surface area contributed by atoms with E-state index in [9.17, 15) is 14.0 Å². The molecule has 2 aromatic rings. The standard InChI is InChI=1S/C15H12FN5O3S/c1-8(22)18-6-10-7-21(15(23)24-10)9-2-3-11(12(16)4-9)14-20-19-13(5-17)25-14/h2-4,10H,6-7H2,1H3,(H,18,22)/t10-/m0/s1. The predicted octanol–water partition coefficient (Wildman–Crippen LogP) is 1.68. The third kappa shape index (κ3) is 3.56. The van der Waals surface area contributed by atoms with Gasteiger partial charge in [-0.25, -0.2) is 9.18 Å². The van der Waals surface area contributed by atoms with Gasteiger partial charge in [-0.15, -0.1) is 10.2 Å². The Bertz CT molecular complexity index is 878. The lowest BCUT2D eigenvalue weighted by Crippen LogP contribution is -2.33. The van der Waals surface area contributed by atoms with E-state index in [1.807, 2.05) is 6.07 Å². The molecule has 0 aliphatic carbocycles. The number of hydrogen-bond donors (Lipinski definition) is 1. The van der Waals surface area contributed by atoms with E-state index >= 15 is 0 Å². The number of carbonyl (C=O) groups is 2. The van der Waals surface area contributed by atoms with Gasteiger partial charge in [-0.05, 0) is 18.2 Å². The van der Waals surface area contributed by atoms with Crippen LogP contribution in [0, 0.1) is 17.1 Å². The summed E-state index contributed by atoms with van der Waals surface area (Å²) in [5.74, 6) is -0.810. The maximum atomic E-state index is 14.4. The molecule has 25 heavy (non-hydrogen) atoms. The number of carbonyl (C=O) groups excluding carboxylic acids is 2. The third-order valence-corrected chi connectivity index (χ3v) is 4.33. The lowest BCUT2D eigenvalue weighted by Gasteiger charge is -2.14. The van der Waals surface area contributed by atoms with Crippen LogP contribution in [0.5, 0.6) is 0 Å². The van der Waals surface area contributed by atoms with E-state index in [0.717, 1.165) is 11.3 Å². The molecule has 0 spiro atoms. The van der Waals surface area contributed by atoms with Crippen LogP contribution in [0.15, 0.2) is 18.2 Å². The Morgan fingerprint density at radius 3 is 3.00 bits per heavy atom. The fourth-order valence-electron chi connectivity index (χ4n) is 2.32. The van der Waals surface area contributed by atoms with E-state index in [-0.39, 0.29) is 34.6 Å². The summed E-state index contributed by atoms with van der Waals surface area (Å²) in [4.78, 5) is 24.2. The van der Waals surface area contributed by atoms with Crippen molar-refractivity contribution in [2.45, 2.75) is 13.0 Å². The molecule has 128 valence electrons. The van der Waals surface area contributed by atoms with Crippen LogP contribution in [-0.4, -0.2) is 41.4 Å². The minimum atomic E-state index is -0.606. The van der Waals surface area contributed by atoms with Gasteiger partial charge in [0.2, 0.25) is 10.9 Å². The molecule has 2 amide bonds. The largest absolute Gasteiger partial charge is 0.442 e. The number of hydrogen-bond acceptors (Lipinski definition) is 7. The van der Waals surface area contributed by atoms with E-state index in [2.05, 4.69) is 15.5 Å². The van der Waals surface area contributed by atoms with Crippen LogP contribution >= 0.6 is 11.3 Å². The number of anilines is 1. The van der Waals surface area contributed by atoms with E-state index in [0.29, 0.717) is 5.69 Å². The zero-order chi connectivity index (χ0) is 18.0. The molecular weight excluding hydrogens is 349 g/mol. The molecule has 1 aromatic carbocycles. The first-order valence-electron chi connectivity index (χ1n) is 7.24. The number of ether oxygens (including phenoxy) is 1. The second-order valence-electron chi connectivity index (χ2n) is 5.24. The Labute approximate surface area is 145 Å². The number of cyclic esters (lactones) is 1. The highest BCUT2D eigenvalue weighted by Gasteiger charge is 2.32. The van der Waals surface area contributed by atoms with Gasteiger partial charge in [0.05, 0.1) is 18.8 Å². The molecular formula is C15H12FN5O3S. The molecule has 1 N–H and O–H groups in total. The van der Waals surface area contributed by atoms with Crippen LogP contribution < -0.4 is 10.2 Å². The Morgan fingerprint density at radius 1 is 1.56 bits per heavy atom. The monoisotopic (exact) mass is 361 g/mol. The zero-order valence-corrected chi connectivity index (χ0v) is 13.8. The molecule has 1 fully saturated rings. The van der Waals surface area contributed by atoms with Gasteiger partial charge in [-0.2, -0.15) is 5.26 Å². The number of benzene rings is 1. The van der Waals surface area contributed by atoms with Crippen LogP contribution in [0.4, 0.5) is 14.9 Å². The molecule has 1 saturated heterocycles. The average Bonchev–Trinajstić information content (AvgIpc) is 3.19. The first kappa shape index (κ1) is 16.8. The van der Waals surface area contributed by atoms with Crippen molar-refractivity contribution >= 4 is 29.0 Å². The summed E-state index contributed by atoms with van der Waals surface area (Å²) in [5.41, 5.74) is 0.534. The summed E-state index contributed by atoms with van der Waals surface area (Å²) in [6, 6.07) is 6.08. The van der Waals surface area contributed by atoms with Crippen molar-refractivity contribution in [2.75, 3.05) is 18.0 Å². The molecule has 3 rings (SSSR count). The van der Waals surface area contributed by atoms with Crippen LogP contribution in [0.25, 0.3) is 10.6 Å². The van der Waals surface area contributed by atoms with Gasteiger partial charge < -0.3 is 10.1 Å². The van der Waals surface area contributed by atoms with Crippen LogP contribution in [0.3, 0.4) is 0 Å². The molecule has 1 atom stereocenters. The van der Waals surface area contributed by atoms with Gasteiger partial charge in [0.15, 0.2) is 5.01 Å². The number of amides is 2. The van der Waals surface area contributed by atoms with Crippen molar-refractivity contribution in [1.82, 2.24) is 15.5 Å². The van der Waals surface area contributed by atoms with Gasteiger partial charge in [-0.3, -0.25) is 9.69 Å². The average molecular weight is 361 g/mol. The number of nitriles is 1. The number of halogens is 1. The second-order valence-corrected chi connectivity index (χ2v) is 6.22. The second kappa shape index (κ2) is 6.82. The number of nitrogens with zero attached hydrogens (tertiary/aromatic N) is 4. The third-order valence-electron chi connectivity index (χ3n) is 3.47. The van der Waals surface area contributed by atoms with Crippen molar-refractivity contribution < 1.29 is 18.7 Å². The Kier molecular flexibility index (Phi) is 4.58. The highest BCUT2D eigenvalue weighted by atomic mass is 32.1. The lowest BCUT2D eigenvalue weighted by atomic mass is 10.2. The first-order chi connectivity index (χ1) is 12.0. The van der Waals surface area contributed by atoms with Crippen molar-refractivity contribution in [3.63, 3.8) is 0 Å². The summed E-state index contributed by atoms with van der Waals surface area (Å²) in [7, 11) is 0. The molecule has 0 radical (unpaired) electrons. The van der Waals surface area contributed by atoms with Crippen LogP contribution in [0.1, 0.15) is 11.9 Å². The number of aromatic nitrogens is 2. The van der Waals surface area contributed by atoms with Crippen molar-refractivity contribution in [1.29, 1.82) is 5.26 Å².